The fourth-order valence-corrected chi connectivity index (χ4v) is 6.14. The van der Waals surface area contributed by atoms with Gasteiger partial charge in [0.05, 0.1) is 35.5 Å². The van der Waals surface area contributed by atoms with E-state index in [9.17, 15) is 4.79 Å². The number of ether oxygens (including phenoxy) is 2. The Balaban J connectivity index is 1.27. The molecule has 2 aromatic carbocycles. The van der Waals surface area contributed by atoms with Crippen molar-refractivity contribution in [2.24, 2.45) is 7.05 Å². The number of aryl methyl sites for hydroxylation is 1. The van der Waals surface area contributed by atoms with Crippen LogP contribution in [0.25, 0.3) is 33.1 Å². The predicted octanol–water partition coefficient (Wildman–Crippen LogP) is 5.16. The van der Waals surface area contributed by atoms with Crippen LogP contribution in [0.15, 0.2) is 53.5 Å². The van der Waals surface area contributed by atoms with Gasteiger partial charge >= 0.3 is 5.69 Å². The minimum atomic E-state index is 0.0164. The van der Waals surface area contributed by atoms with Crippen LogP contribution < -0.4 is 10.4 Å². The Hall–Kier alpha value is -3.16. The summed E-state index contributed by atoms with van der Waals surface area (Å²) in [6.07, 6.45) is 8.53. The van der Waals surface area contributed by atoms with E-state index < -0.39 is 0 Å². The molecule has 7 nitrogen and oxygen atoms in total. The molecule has 0 N–H and O–H groups in total. The SMILES string of the molecule is CO[C@H]1CC[C@H](n2c(=O)n(C)c3cnc4ccc(-c5ccc(OCCCN6CCCC6)cc5)cc4c32)C1. The van der Waals surface area contributed by atoms with E-state index in [-0.39, 0.29) is 17.8 Å². The number of hydrogen-bond donors (Lipinski definition) is 0. The molecule has 0 radical (unpaired) electrons. The number of likely N-dealkylation sites (tertiary alicyclic amines) is 1. The molecule has 3 heterocycles. The van der Waals surface area contributed by atoms with Crippen molar-refractivity contribution in [3.63, 3.8) is 0 Å². The van der Waals surface area contributed by atoms with Crippen molar-refractivity contribution in [3.8, 4) is 16.9 Å². The van der Waals surface area contributed by atoms with Crippen LogP contribution in [0, 0.1) is 0 Å². The smallest absolute Gasteiger partial charge is 0.329 e. The standard InChI is InChI=1S/C30H36N4O3/c1-32-28-20-31-27-13-8-22(18-26(27)29(28)34(30(32)35)23-9-12-25(19-23)36-2)21-6-10-24(11-7-21)37-17-5-16-33-14-3-4-15-33/h6-8,10-11,13,18,20,23,25H,3-5,9,12,14-17,19H2,1-2H3/t23-,25-/m0/s1. The predicted molar refractivity (Wildman–Crippen MR) is 147 cm³/mol. The van der Waals surface area contributed by atoms with Crippen molar-refractivity contribution in [1.82, 2.24) is 19.0 Å². The molecule has 1 saturated heterocycles. The first kappa shape index (κ1) is 24.2. The fraction of sp³-hybridized carbons (Fsp3) is 0.467. The zero-order chi connectivity index (χ0) is 25.4. The molecule has 1 aliphatic carbocycles. The molecule has 0 unspecified atom stereocenters. The Morgan fingerprint density at radius 3 is 2.57 bits per heavy atom. The molecule has 0 spiro atoms. The number of pyridine rings is 1. The van der Waals surface area contributed by atoms with Gasteiger partial charge in [0.2, 0.25) is 0 Å². The van der Waals surface area contributed by atoms with Gasteiger partial charge in [0.15, 0.2) is 0 Å². The van der Waals surface area contributed by atoms with Crippen LogP contribution in [-0.2, 0) is 11.8 Å². The van der Waals surface area contributed by atoms with Crippen LogP contribution in [0.4, 0.5) is 0 Å². The molecule has 7 heteroatoms. The molecule has 2 aliphatic rings. The Kier molecular flexibility index (Phi) is 6.74. The lowest BCUT2D eigenvalue weighted by Crippen LogP contribution is -2.25. The molecule has 2 fully saturated rings. The van der Waals surface area contributed by atoms with Gasteiger partial charge < -0.3 is 14.4 Å². The van der Waals surface area contributed by atoms with Crippen molar-refractivity contribution in [2.75, 3.05) is 33.4 Å². The van der Waals surface area contributed by atoms with E-state index in [1.165, 1.54) is 25.9 Å². The largest absolute Gasteiger partial charge is 0.494 e. The van der Waals surface area contributed by atoms with Gasteiger partial charge in [-0.25, -0.2) is 4.79 Å². The van der Waals surface area contributed by atoms with Crippen LogP contribution >= 0.6 is 0 Å². The molecule has 194 valence electrons. The average molecular weight is 501 g/mol. The molecule has 0 amide bonds. The average Bonchev–Trinajstić information content (AvgIpc) is 3.68. The first-order valence-electron chi connectivity index (χ1n) is 13.6. The van der Waals surface area contributed by atoms with Gasteiger partial charge in [-0.05, 0) is 87.0 Å². The van der Waals surface area contributed by atoms with Gasteiger partial charge in [-0.3, -0.25) is 14.1 Å². The highest BCUT2D eigenvalue weighted by atomic mass is 16.5. The summed E-state index contributed by atoms with van der Waals surface area (Å²) in [5, 5.41) is 1.01. The maximum atomic E-state index is 13.3. The molecule has 37 heavy (non-hydrogen) atoms. The molecule has 0 bridgehead atoms. The molecule has 2 atom stereocenters. The number of aromatic nitrogens is 3. The van der Waals surface area contributed by atoms with Crippen LogP contribution in [-0.4, -0.2) is 58.5 Å². The van der Waals surface area contributed by atoms with Gasteiger partial charge in [0.25, 0.3) is 0 Å². The van der Waals surface area contributed by atoms with Gasteiger partial charge in [-0.15, -0.1) is 0 Å². The third kappa shape index (κ3) is 4.66. The molecule has 1 aliphatic heterocycles. The summed E-state index contributed by atoms with van der Waals surface area (Å²) < 4.78 is 15.3. The minimum Gasteiger partial charge on any atom is -0.494 e. The van der Waals surface area contributed by atoms with Gasteiger partial charge in [-0.1, -0.05) is 18.2 Å². The number of rotatable bonds is 8. The quantitative estimate of drug-likeness (QED) is 0.313. The zero-order valence-corrected chi connectivity index (χ0v) is 21.9. The minimum absolute atomic E-state index is 0.0164. The lowest BCUT2D eigenvalue weighted by Gasteiger charge is -2.15. The maximum absolute atomic E-state index is 13.3. The Morgan fingerprint density at radius 1 is 1.03 bits per heavy atom. The van der Waals surface area contributed by atoms with E-state index in [1.54, 1.807) is 11.7 Å². The van der Waals surface area contributed by atoms with E-state index in [0.29, 0.717) is 0 Å². The summed E-state index contributed by atoms with van der Waals surface area (Å²) in [5.74, 6) is 0.904. The number of fused-ring (bicyclic) bond motifs is 3. The van der Waals surface area contributed by atoms with Crippen molar-refractivity contribution >= 4 is 21.9 Å². The van der Waals surface area contributed by atoms with E-state index in [1.807, 2.05) is 17.8 Å². The summed E-state index contributed by atoms with van der Waals surface area (Å²) in [6, 6.07) is 14.8. The highest BCUT2D eigenvalue weighted by molar-refractivity contribution is 6.04. The Bertz CT molecular complexity index is 1450. The summed E-state index contributed by atoms with van der Waals surface area (Å²) in [4.78, 5) is 20.5. The van der Waals surface area contributed by atoms with E-state index >= 15 is 0 Å². The first-order chi connectivity index (χ1) is 18.1. The molecule has 1 saturated carbocycles. The van der Waals surface area contributed by atoms with Crippen molar-refractivity contribution < 1.29 is 9.47 Å². The van der Waals surface area contributed by atoms with Crippen LogP contribution in [0.5, 0.6) is 5.75 Å². The molecule has 4 aromatic rings. The van der Waals surface area contributed by atoms with Gasteiger partial charge in [0, 0.05) is 32.1 Å². The molecular formula is C30H36N4O3. The number of nitrogens with zero attached hydrogens (tertiary/aromatic N) is 4. The number of hydrogen-bond acceptors (Lipinski definition) is 5. The summed E-state index contributed by atoms with van der Waals surface area (Å²) in [7, 11) is 3.60. The van der Waals surface area contributed by atoms with Crippen LogP contribution in [0.1, 0.15) is 44.6 Å². The van der Waals surface area contributed by atoms with Gasteiger partial charge in [-0.2, -0.15) is 0 Å². The third-order valence-electron chi connectivity index (χ3n) is 8.24. The normalized spacial score (nSPS) is 20.4. The maximum Gasteiger partial charge on any atom is 0.329 e. The lowest BCUT2D eigenvalue weighted by molar-refractivity contribution is 0.106. The van der Waals surface area contributed by atoms with Gasteiger partial charge in [0.1, 0.15) is 5.75 Å². The molecular weight excluding hydrogens is 464 g/mol. The number of benzene rings is 2. The van der Waals surface area contributed by atoms with E-state index in [2.05, 4.69) is 52.3 Å². The summed E-state index contributed by atoms with van der Waals surface area (Å²) in [5.41, 5.74) is 4.98. The van der Waals surface area contributed by atoms with E-state index in [0.717, 1.165) is 77.6 Å². The second kappa shape index (κ2) is 10.3. The second-order valence-corrected chi connectivity index (χ2v) is 10.5. The first-order valence-corrected chi connectivity index (χ1v) is 13.6. The Morgan fingerprint density at radius 2 is 1.81 bits per heavy atom. The summed E-state index contributed by atoms with van der Waals surface area (Å²) in [6.45, 7) is 4.33. The molecule has 6 rings (SSSR count). The second-order valence-electron chi connectivity index (χ2n) is 10.5. The monoisotopic (exact) mass is 500 g/mol. The van der Waals surface area contributed by atoms with Crippen molar-refractivity contribution in [2.45, 2.75) is 50.7 Å². The lowest BCUT2D eigenvalue weighted by atomic mass is 10.0. The highest BCUT2D eigenvalue weighted by Gasteiger charge is 2.29. The number of methoxy groups -OCH3 is 1. The van der Waals surface area contributed by atoms with Crippen molar-refractivity contribution in [3.05, 3.63) is 59.1 Å². The van der Waals surface area contributed by atoms with E-state index in [4.69, 9.17) is 9.47 Å². The zero-order valence-electron chi connectivity index (χ0n) is 21.9. The molecule has 2 aromatic heterocycles. The van der Waals surface area contributed by atoms with Crippen LogP contribution in [0.2, 0.25) is 0 Å². The van der Waals surface area contributed by atoms with Crippen LogP contribution in [0.3, 0.4) is 0 Å². The highest BCUT2D eigenvalue weighted by Crippen LogP contribution is 2.36. The summed E-state index contributed by atoms with van der Waals surface area (Å²) >= 11 is 0. The number of imidazole rings is 1. The fourth-order valence-electron chi connectivity index (χ4n) is 6.14. The Labute approximate surface area is 217 Å². The topological polar surface area (TPSA) is 61.5 Å². The third-order valence-corrected chi connectivity index (χ3v) is 8.24. The van der Waals surface area contributed by atoms with Crippen molar-refractivity contribution in [1.29, 1.82) is 0 Å².